The molecule has 0 spiro atoms. The summed E-state index contributed by atoms with van der Waals surface area (Å²) < 4.78 is 0. The van der Waals surface area contributed by atoms with Crippen LogP contribution >= 0.6 is 11.3 Å². The molecule has 2 heteroatoms. The first-order chi connectivity index (χ1) is 6.54. The van der Waals surface area contributed by atoms with Crippen molar-refractivity contribution in [3.05, 3.63) is 27.0 Å². The van der Waals surface area contributed by atoms with Crippen molar-refractivity contribution < 1.29 is 5.11 Å². The minimum atomic E-state index is 0.159. The molecule has 1 rings (SSSR count). The molecule has 0 aliphatic rings. The normalized spacial score (nSPS) is 12.6. The molecule has 1 aromatic rings. The molecule has 0 aliphatic carbocycles. The highest BCUT2D eigenvalue weighted by Crippen LogP contribution is 2.24. The van der Waals surface area contributed by atoms with Crippen LogP contribution in [0.4, 0.5) is 0 Å². The van der Waals surface area contributed by atoms with E-state index in [0.717, 1.165) is 5.57 Å². The van der Waals surface area contributed by atoms with Gasteiger partial charge in [-0.05, 0) is 37.0 Å². The van der Waals surface area contributed by atoms with Gasteiger partial charge in [-0.25, -0.2) is 0 Å². The van der Waals surface area contributed by atoms with Crippen LogP contribution in [0.1, 0.15) is 29.2 Å². The van der Waals surface area contributed by atoms with Crippen LogP contribution in [-0.4, -0.2) is 11.7 Å². The first kappa shape index (κ1) is 11.5. The van der Waals surface area contributed by atoms with Gasteiger partial charge in [0.15, 0.2) is 0 Å². The fraction of sp³-hybridized carbons (Fsp3) is 0.500. The van der Waals surface area contributed by atoms with Crippen molar-refractivity contribution in [2.75, 3.05) is 6.61 Å². The summed E-state index contributed by atoms with van der Waals surface area (Å²) in [6, 6.07) is 2.18. The monoisotopic (exact) mass is 210 g/mol. The first-order valence-corrected chi connectivity index (χ1v) is 5.74. The highest BCUT2D eigenvalue weighted by atomic mass is 32.1. The lowest BCUT2D eigenvalue weighted by atomic mass is 10.0. The van der Waals surface area contributed by atoms with Gasteiger partial charge in [0.2, 0.25) is 0 Å². The molecule has 0 aromatic carbocycles. The summed E-state index contributed by atoms with van der Waals surface area (Å²) in [7, 11) is 0. The predicted octanol–water partition coefficient (Wildman–Crippen LogP) is 3.40. The van der Waals surface area contributed by atoms with Crippen molar-refractivity contribution in [3.63, 3.8) is 0 Å². The molecule has 0 atom stereocenters. The molecule has 1 nitrogen and oxygen atoms in total. The number of rotatable bonds is 3. The first-order valence-electron chi connectivity index (χ1n) is 4.93. The average molecular weight is 210 g/mol. The topological polar surface area (TPSA) is 20.2 Å². The molecule has 0 radical (unpaired) electrons. The van der Waals surface area contributed by atoms with Gasteiger partial charge in [0.05, 0.1) is 6.61 Å². The Morgan fingerprint density at radius 2 is 2.14 bits per heavy atom. The predicted molar refractivity (Wildman–Crippen MR) is 63.7 cm³/mol. The lowest BCUT2D eigenvalue weighted by Crippen LogP contribution is -1.98. The van der Waals surface area contributed by atoms with Crippen molar-refractivity contribution in [2.45, 2.75) is 27.7 Å². The van der Waals surface area contributed by atoms with Crippen molar-refractivity contribution >= 4 is 17.4 Å². The van der Waals surface area contributed by atoms with E-state index in [2.05, 4.69) is 39.8 Å². The van der Waals surface area contributed by atoms with E-state index >= 15 is 0 Å². The molecule has 0 amide bonds. The second kappa shape index (κ2) is 4.76. The van der Waals surface area contributed by atoms with Crippen LogP contribution < -0.4 is 0 Å². The van der Waals surface area contributed by atoms with Gasteiger partial charge in [-0.1, -0.05) is 19.9 Å². The minimum Gasteiger partial charge on any atom is -0.392 e. The second-order valence-corrected chi connectivity index (χ2v) is 5.36. The second-order valence-electron chi connectivity index (χ2n) is 3.90. The molecule has 14 heavy (non-hydrogen) atoms. The fourth-order valence-electron chi connectivity index (χ4n) is 1.39. The van der Waals surface area contributed by atoms with Gasteiger partial charge in [-0.2, -0.15) is 0 Å². The Balaban J connectivity index is 3.00. The third-order valence-electron chi connectivity index (χ3n) is 2.34. The van der Waals surface area contributed by atoms with E-state index in [1.165, 1.54) is 15.3 Å². The Morgan fingerprint density at radius 3 is 2.50 bits per heavy atom. The third-order valence-corrected chi connectivity index (χ3v) is 3.33. The number of hydrogen-bond acceptors (Lipinski definition) is 2. The number of thiophene rings is 1. The zero-order chi connectivity index (χ0) is 10.7. The van der Waals surface area contributed by atoms with Crippen LogP contribution in [0.3, 0.4) is 0 Å². The van der Waals surface area contributed by atoms with E-state index in [0.29, 0.717) is 5.92 Å². The molecule has 1 aromatic heterocycles. The Morgan fingerprint density at radius 1 is 1.50 bits per heavy atom. The summed E-state index contributed by atoms with van der Waals surface area (Å²) in [5, 5.41) is 9.19. The number of aryl methyl sites for hydroxylation is 2. The van der Waals surface area contributed by atoms with Gasteiger partial charge < -0.3 is 5.11 Å². The van der Waals surface area contributed by atoms with Gasteiger partial charge in [0.25, 0.3) is 0 Å². The maximum absolute atomic E-state index is 9.19. The lowest BCUT2D eigenvalue weighted by Gasteiger charge is -2.07. The number of aliphatic hydroxyl groups is 1. The van der Waals surface area contributed by atoms with Crippen LogP contribution in [0, 0.1) is 19.8 Å². The van der Waals surface area contributed by atoms with E-state index in [1.54, 1.807) is 0 Å². The maximum atomic E-state index is 9.19. The molecule has 78 valence electrons. The summed E-state index contributed by atoms with van der Waals surface area (Å²) in [4.78, 5) is 2.66. The quantitative estimate of drug-likeness (QED) is 0.810. The van der Waals surface area contributed by atoms with Crippen molar-refractivity contribution in [1.82, 2.24) is 0 Å². The van der Waals surface area contributed by atoms with Crippen molar-refractivity contribution in [2.24, 2.45) is 5.92 Å². The molecule has 0 fully saturated rings. The third kappa shape index (κ3) is 2.69. The fourth-order valence-corrected chi connectivity index (χ4v) is 2.29. The van der Waals surface area contributed by atoms with Crippen LogP contribution in [-0.2, 0) is 0 Å². The van der Waals surface area contributed by atoms with E-state index in [-0.39, 0.29) is 6.61 Å². The van der Waals surface area contributed by atoms with Crippen molar-refractivity contribution in [3.8, 4) is 0 Å². The van der Waals surface area contributed by atoms with Gasteiger partial charge in [-0.3, -0.25) is 0 Å². The Kier molecular flexibility index (Phi) is 3.90. The molecule has 0 bridgehead atoms. The van der Waals surface area contributed by atoms with E-state index in [4.69, 9.17) is 0 Å². The summed E-state index contributed by atoms with van der Waals surface area (Å²) in [6.45, 7) is 8.61. The summed E-state index contributed by atoms with van der Waals surface area (Å²) >= 11 is 1.81. The SMILES string of the molecule is Cc1cc(/C=C(\CO)C(C)C)c(C)s1. The van der Waals surface area contributed by atoms with E-state index in [9.17, 15) is 5.11 Å². The summed E-state index contributed by atoms with van der Waals surface area (Å²) in [5.41, 5.74) is 2.36. The molecular weight excluding hydrogens is 192 g/mol. The maximum Gasteiger partial charge on any atom is 0.0647 e. The van der Waals surface area contributed by atoms with E-state index in [1.807, 2.05) is 11.3 Å². The van der Waals surface area contributed by atoms with Crippen LogP contribution in [0.25, 0.3) is 6.08 Å². The standard InChI is InChI=1S/C12H18OS/c1-8(2)12(7-13)6-11-5-9(3)14-10(11)4/h5-6,8,13H,7H2,1-4H3/b12-6+. The zero-order valence-electron chi connectivity index (χ0n) is 9.29. The average Bonchev–Trinajstić information content (AvgIpc) is 2.40. The van der Waals surface area contributed by atoms with Crippen LogP contribution in [0.5, 0.6) is 0 Å². The molecule has 1 heterocycles. The summed E-state index contributed by atoms with van der Waals surface area (Å²) in [6.07, 6.45) is 2.11. The van der Waals surface area contributed by atoms with Crippen LogP contribution in [0.15, 0.2) is 11.6 Å². The Hall–Kier alpha value is -0.600. The van der Waals surface area contributed by atoms with Crippen molar-refractivity contribution in [1.29, 1.82) is 0 Å². The highest BCUT2D eigenvalue weighted by Gasteiger charge is 2.05. The van der Waals surface area contributed by atoms with Gasteiger partial charge in [0, 0.05) is 9.75 Å². The van der Waals surface area contributed by atoms with Gasteiger partial charge >= 0.3 is 0 Å². The Bertz CT molecular complexity index is 334. The van der Waals surface area contributed by atoms with Gasteiger partial charge in [0.1, 0.15) is 0 Å². The van der Waals surface area contributed by atoms with Crippen LogP contribution in [0.2, 0.25) is 0 Å². The number of aliphatic hydroxyl groups excluding tert-OH is 1. The number of hydrogen-bond donors (Lipinski definition) is 1. The molecule has 0 saturated heterocycles. The Labute approximate surface area is 90.1 Å². The minimum absolute atomic E-state index is 0.159. The molecule has 1 N–H and O–H groups in total. The zero-order valence-corrected chi connectivity index (χ0v) is 10.1. The molecule has 0 aliphatic heterocycles. The molecular formula is C12H18OS. The molecule has 0 saturated carbocycles. The lowest BCUT2D eigenvalue weighted by molar-refractivity contribution is 0.320. The summed E-state index contributed by atoms with van der Waals surface area (Å²) in [5.74, 6) is 0.416. The molecule has 0 unspecified atom stereocenters. The van der Waals surface area contributed by atoms with E-state index < -0.39 is 0 Å². The van der Waals surface area contributed by atoms with Gasteiger partial charge in [-0.15, -0.1) is 11.3 Å². The smallest absolute Gasteiger partial charge is 0.0647 e. The highest BCUT2D eigenvalue weighted by molar-refractivity contribution is 7.12. The largest absolute Gasteiger partial charge is 0.392 e.